The molecule has 3 atom stereocenters. The molecule has 4 nitrogen and oxygen atoms in total. The molecule has 7 heteroatoms. The molecule has 0 bridgehead atoms. The number of ether oxygens (including phenoxy) is 1. The van der Waals surface area contributed by atoms with Gasteiger partial charge in [-0.2, -0.15) is 0 Å². The van der Waals surface area contributed by atoms with Crippen LogP contribution in [0.15, 0.2) is 0 Å². The SMILES string of the molecule is CC(C)COC(C)[Si]1(C2CCCCC2)O[SiH](C2CCCCC2)O[SiH](C2CCCCC2)O1. The third-order valence-electron chi connectivity index (χ3n) is 8.36. The average Bonchev–Trinajstić information content (AvgIpc) is 2.83. The van der Waals surface area contributed by atoms with Crippen LogP contribution in [0.1, 0.15) is 117 Å². The van der Waals surface area contributed by atoms with Crippen LogP contribution < -0.4 is 0 Å². The first-order valence-electron chi connectivity index (χ1n) is 13.7. The molecule has 4 fully saturated rings. The highest BCUT2D eigenvalue weighted by atomic mass is 28.5. The van der Waals surface area contributed by atoms with Crippen LogP contribution in [0.2, 0.25) is 16.6 Å². The molecule has 1 heterocycles. The second kappa shape index (κ2) is 11.8. The van der Waals surface area contributed by atoms with Gasteiger partial charge in [0.2, 0.25) is 0 Å². The first-order chi connectivity index (χ1) is 15.1. The van der Waals surface area contributed by atoms with E-state index >= 15 is 0 Å². The molecule has 0 amide bonds. The van der Waals surface area contributed by atoms with E-state index in [-0.39, 0.29) is 5.73 Å². The van der Waals surface area contributed by atoms with Gasteiger partial charge in [-0.3, -0.25) is 0 Å². The number of hydrogen-bond acceptors (Lipinski definition) is 4. The first-order valence-corrected chi connectivity index (χ1v) is 18.9. The smallest absolute Gasteiger partial charge is 0.353 e. The summed E-state index contributed by atoms with van der Waals surface area (Å²) in [6.45, 7) is 7.65. The van der Waals surface area contributed by atoms with Gasteiger partial charge < -0.3 is 17.1 Å². The minimum absolute atomic E-state index is 0.138. The van der Waals surface area contributed by atoms with Crippen LogP contribution in [0.25, 0.3) is 0 Å². The summed E-state index contributed by atoms with van der Waals surface area (Å²) >= 11 is 0. The first kappa shape index (κ1) is 24.6. The third kappa shape index (κ3) is 6.14. The van der Waals surface area contributed by atoms with Gasteiger partial charge >= 0.3 is 27.1 Å². The monoisotopic (exact) mass is 484 g/mol. The molecule has 180 valence electrons. The predicted octanol–water partition coefficient (Wildman–Crippen LogP) is 6.54. The van der Waals surface area contributed by atoms with E-state index in [9.17, 15) is 0 Å². The second-order valence-corrected chi connectivity index (χ2v) is 20.7. The lowest BCUT2D eigenvalue weighted by molar-refractivity contribution is 0.0531. The Morgan fingerprint density at radius 2 is 1.16 bits per heavy atom. The van der Waals surface area contributed by atoms with Crippen molar-refractivity contribution in [1.29, 1.82) is 0 Å². The van der Waals surface area contributed by atoms with Gasteiger partial charge in [-0.15, -0.1) is 0 Å². The van der Waals surface area contributed by atoms with Gasteiger partial charge in [0, 0.05) is 12.1 Å². The topological polar surface area (TPSA) is 36.9 Å². The van der Waals surface area contributed by atoms with Crippen LogP contribution in [-0.2, 0) is 17.1 Å². The van der Waals surface area contributed by atoms with Gasteiger partial charge in [0.05, 0.1) is 5.73 Å². The summed E-state index contributed by atoms with van der Waals surface area (Å²) in [6, 6.07) is 0. The molecule has 3 aliphatic carbocycles. The van der Waals surface area contributed by atoms with E-state index < -0.39 is 27.1 Å². The summed E-state index contributed by atoms with van der Waals surface area (Å²) in [6.07, 6.45) is 20.3. The summed E-state index contributed by atoms with van der Waals surface area (Å²) < 4.78 is 28.2. The quantitative estimate of drug-likeness (QED) is 0.385. The zero-order chi connectivity index (χ0) is 21.7. The van der Waals surface area contributed by atoms with E-state index in [0.29, 0.717) is 22.5 Å². The van der Waals surface area contributed by atoms with Crippen molar-refractivity contribution in [2.45, 2.75) is 139 Å². The van der Waals surface area contributed by atoms with Crippen LogP contribution >= 0.6 is 0 Å². The number of hydrogen-bond donors (Lipinski definition) is 0. The molecule has 0 spiro atoms. The van der Waals surface area contributed by atoms with E-state index in [1.807, 2.05) is 0 Å². The van der Waals surface area contributed by atoms with Crippen LogP contribution in [0.4, 0.5) is 0 Å². The van der Waals surface area contributed by atoms with Crippen molar-refractivity contribution in [2.75, 3.05) is 6.61 Å². The molecule has 3 saturated carbocycles. The zero-order valence-electron chi connectivity index (χ0n) is 20.5. The minimum Gasteiger partial charge on any atom is -0.420 e. The molecule has 0 N–H and O–H groups in total. The van der Waals surface area contributed by atoms with Gasteiger partial charge in [0.25, 0.3) is 0 Å². The van der Waals surface area contributed by atoms with Crippen LogP contribution in [-0.4, -0.2) is 39.5 Å². The maximum absolute atomic E-state index is 7.31. The summed E-state index contributed by atoms with van der Waals surface area (Å²) in [5.74, 6) is 0.553. The summed E-state index contributed by atoms with van der Waals surface area (Å²) in [4.78, 5) is 0. The maximum Gasteiger partial charge on any atom is 0.353 e. The zero-order valence-corrected chi connectivity index (χ0v) is 23.8. The van der Waals surface area contributed by atoms with Crippen LogP contribution in [0.3, 0.4) is 0 Å². The Morgan fingerprint density at radius 1 is 0.710 bits per heavy atom. The van der Waals surface area contributed by atoms with Gasteiger partial charge in [-0.1, -0.05) is 71.6 Å². The van der Waals surface area contributed by atoms with E-state index in [1.165, 1.54) is 96.3 Å². The van der Waals surface area contributed by atoms with Gasteiger partial charge in [0.1, 0.15) is 0 Å². The molecule has 0 aromatic rings. The van der Waals surface area contributed by atoms with Gasteiger partial charge in [-0.05, 0) is 62.4 Å². The predicted molar refractivity (Wildman–Crippen MR) is 134 cm³/mol. The molecular formula is C24H48O4Si3. The molecule has 4 aliphatic rings. The lowest BCUT2D eigenvalue weighted by Crippen LogP contribution is -2.68. The standard InChI is InChI=1S/C24H48O4Si3/c1-20(2)19-25-21(3)31(24-17-11-6-12-18-24)27-29(22-13-7-4-8-14-22)26-30(28-31)23-15-9-5-10-16-23/h20-24,29-30H,4-19H2,1-3H3. The van der Waals surface area contributed by atoms with Crippen LogP contribution in [0.5, 0.6) is 0 Å². The fraction of sp³-hybridized carbons (Fsp3) is 1.00. The average molecular weight is 485 g/mol. The molecule has 1 saturated heterocycles. The molecule has 1 aliphatic heterocycles. The molecular weight excluding hydrogens is 437 g/mol. The van der Waals surface area contributed by atoms with E-state index in [4.69, 9.17) is 17.1 Å². The summed E-state index contributed by atoms with van der Waals surface area (Å²) in [7, 11) is -5.91. The summed E-state index contributed by atoms with van der Waals surface area (Å²) in [5.41, 5.74) is 2.18. The molecule has 31 heavy (non-hydrogen) atoms. The van der Waals surface area contributed by atoms with E-state index in [1.54, 1.807) is 0 Å². The Hall–Kier alpha value is 0.491. The highest BCUT2D eigenvalue weighted by Gasteiger charge is 2.59. The van der Waals surface area contributed by atoms with Crippen molar-refractivity contribution in [3.05, 3.63) is 0 Å². The lowest BCUT2D eigenvalue weighted by atomic mass is 10.0. The summed E-state index contributed by atoms with van der Waals surface area (Å²) in [5, 5.41) is 0. The normalized spacial score (nSPS) is 36.0. The van der Waals surface area contributed by atoms with E-state index in [2.05, 4.69) is 20.8 Å². The van der Waals surface area contributed by atoms with Gasteiger partial charge in [-0.25, -0.2) is 0 Å². The Labute approximate surface area is 196 Å². The molecule has 0 aromatic heterocycles. The van der Waals surface area contributed by atoms with E-state index in [0.717, 1.165) is 6.61 Å². The lowest BCUT2D eigenvalue weighted by Gasteiger charge is -2.52. The molecule has 0 aromatic carbocycles. The minimum atomic E-state index is -2.47. The van der Waals surface area contributed by atoms with Gasteiger partial charge in [0.15, 0.2) is 0 Å². The Balaban J connectivity index is 1.61. The maximum atomic E-state index is 7.31. The largest absolute Gasteiger partial charge is 0.420 e. The van der Waals surface area contributed by atoms with Crippen LogP contribution in [0, 0.1) is 5.92 Å². The Morgan fingerprint density at radius 3 is 1.61 bits per heavy atom. The Kier molecular flexibility index (Phi) is 9.33. The second-order valence-electron chi connectivity index (χ2n) is 11.3. The fourth-order valence-electron chi connectivity index (χ4n) is 6.48. The van der Waals surface area contributed by atoms with Crippen molar-refractivity contribution in [3.8, 4) is 0 Å². The van der Waals surface area contributed by atoms with Crippen molar-refractivity contribution >= 4 is 27.1 Å². The highest BCUT2D eigenvalue weighted by molar-refractivity contribution is 6.85. The molecule has 4 rings (SSSR count). The Bertz CT molecular complexity index is 505. The molecule has 3 unspecified atom stereocenters. The fourth-order valence-corrected chi connectivity index (χ4v) is 23.2. The van der Waals surface area contributed by atoms with Crippen molar-refractivity contribution in [2.24, 2.45) is 5.92 Å². The van der Waals surface area contributed by atoms with Crippen molar-refractivity contribution in [1.82, 2.24) is 0 Å². The van der Waals surface area contributed by atoms with Crippen molar-refractivity contribution < 1.29 is 17.1 Å². The number of rotatable bonds is 7. The highest BCUT2D eigenvalue weighted by Crippen LogP contribution is 2.48. The molecule has 0 radical (unpaired) electrons. The third-order valence-corrected chi connectivity index (χ3v) is 21.2. The van der Waals surface area contributed by atoms with Crippen molar-refractivity contribution in [3.63, 3.8) is 0 Å².